The first-order valence-corrected chi connectivity index (χ1v) is 13.5. The fourth-order valence-corrected chi connectivity index (χ4v) is 4.64. The molecular weight excluding hydrogens is 593 g/mol. The molecule has 4 aromatic rings. The molecule has 0 saturated heterocycles. The molecule has 0 spiro atoms. The molecule has 7 nitrogen and oxygen atoms in total. The number of carbonyl (C=O) groups is 2. The molecule has 0 aliphatic carbocycles. The van der Waals surface area contributed by atoms with Crippen molar-refractivity contribution in [3.8, 4) is 0 Å². The summed E-state index contributed by atoms with van der Waals surface area (Å²) in [5.74, 6) is -0.619. The van der Waals surface area contributed by atoms with E-state index in [1.165, 1.54) is 14.2 Å². The first-order chi connectivity index (χ1) is 18.2. The molecule has 0 N–H and O–H groups in total. The monoisotopic (exact) mass is 619 g/mol. The number of pyridine rings is 2. The summed E-state index contributed by atoms with van der Waals surface area (Å²) >= 11 is 15.8. The van der Waals surface area contributed by atoms with E-state index >= 15 is 0 Å². The number of benzene rings is 2. The third-order valence-electron chi connectivity index (χ3n) is 5.70. The van der Waals surface area contributed by atoms with Crippen molar-refractivity contribution in [2.24, 2.45) is 0 Å². The highest BCUT2D eigenvalue weighted by Crippen LogP contribution is 2.28. The zero-order chi connectivity index (χ0) is 27.8. The lowest BCUT2D eigenvalue weighted by atomic mass is 10.0. The number of rotatable bonds is 7. The summed E-state index contributed by atoms with van der Waals surface area (Å²) in [5, 5.41) is 3.63. The maximum Gasteiger partial charge on any atom is 0.310 e. The van der Waals surface area contributed by atoms with Gasteiger partial charge in [-0.2, -0.15) is 0 Å². The molecule has 0 radical (unpaired) electrons. The minimum Gasteiger partial charge on any atom is -0.469 e. The lowest BCUT2D eigenvalue weighted by molar-refractivity contribution is -0.140. The minimum absolute atomic E-state index is 0.153. The molecule has 2 aromatic heterocycles. The molecule has 4 rings (SSSR count). The lowest BCUT2D eigenvalue weighted by Crippen LogP contribution is -2.11. The highest BCUT2D eigenvalue weighted by Gasteiger charge is 2.14. The number of halogens is 3. The quantitative estimate of drug-likeness (QED) is 0.181. The van der Waals surface area contributed by atoms with Crippen LogP contribution in [0.15, 0.2) is 48.8 Å². The van der Waals surface area contributed by atoms with Crippen LogP contribution in [0.2, 0.25) is 10.0 Å². The van der Waals surface area contributed by atoms with Crippen LogP contribution in [0.3, 0.4) is 0 Å². The molecule has 0 amide bonds. The van der Waals surface area contributed by atoms with E-state index in [-0.39, 0.29) is 24.8 Å². The van der Waals surface area contributed by atoms with Crippen LogP contribution in [-0.2, 0) is 43.8 Å². The molecule has 200 valence electrons. The van der Waals surface area contributed by atoms with E-state index < -0.39 is 0 Å². The molecule has 2 aromatic carbocycles. The number of hydrogen-bond donors (Lipinski definition) is 0. The number of methoxy groups -OCH3 is 2. The first-order valence-electron chi connectivity index (χ1n) is 11.6. The van der Waals surface area contributed by atoms with Gasteiger partial charge in [0.25, 0.3) is 0 Å². The summed E-state index contributed by atoms with van der Waals surface area (Å²) in [5.41, 5.74) is 5.30. The van der Waals surface area contributed by atoms with Gasteiger partial charge >= 0.3 is 11.9 Å². The molecule has 2 heterocycles. The van der Waals surface area contributed by atoms with Gasteiger partial charge in [-0.1, -0.05) is 39.1 Å². The molecule has 0 bridgehead atoms. The van der Waals surface area contributed by atoms with Gasteiger partial charge in [-0.3, -0.25) is 19.6 Å². The summed E-state index contributed by atoms with van der Waals surface area (Å²) in [7, 11) is 6.73. The highest BCUT2D eigenvalue weighted by molar-refractivity contribution is 9.08. The number of fused-ring (bicyclic) bond motifs is 2. The molecule has 0 atom stereocenters. The summed E-state index contributed by atoms with van der Waals surface area (Å²) in [4.78, 5) is 33.8. The van der Waals surface area contributed by atoms with Crippen LogP contribution in [-0.4, -0.2) is 55.1 Å². The van der Waals surface area contributed by atoms with Crippen molar-refractivity contribution >= 4 is 72.9 Å². The Kier molecular flexibility index (Phi) is 10.8. The number of alkyl halides is 1. The third kappa shape index (κ3) is 7.63. The maximum atomic E-state index is 11.5. The van der Waals surface area contributed by atoms with Gasteiger partial charge in [0, 0.05) is 45.1 Å². The van der Waals surface area contributed by atoms with E-state index in [9.17, 15) is 9.59 Å². The predicted molar refractivity (Wildman–Crippen MR) is 155 cm³/mol. The normalized spacial score (nSPS) is 10.8. The third-order valence-corrected chi connectivity index (χ3v) is 7.06. The highest BCUT2D eigenvalue weighted by atomic mass is 79.9. The van der Waals surface area contributed by atoms with Gasteiger partial charge in [-0.05, 0) is 72.7 Å². The Hall–Kier alpha value is -2.78. The number of carbonyl (C=O) groups excluding carboxylic acids is 2. The maximum absolute atomic E-state index is 11.5. The summed E-state index contributed by atoms with van der Waals surface area (Å²) in [6.45, 7) is 0.785. The molecule has 0 unspecified atom stereocenters. The van der Waals surface area contributed by atoms with E-state index in [2.05, 4.69) is 35.5 Å². The first kappa shape index (κ1) is 29.8. The van der Waals surface area contributed by atoms with Gasteiger partial charge in [0.1, 0.15) is 0 Å². The average molecular weight is 621 g/mol. The van der Waals surface area contributed by atoms with Crippen LogP contribution in [0, 0.1) is 0 Å². The zero-order valence-electron chi connectivity index (χ0n) is 21.6. The number of ether oxygens (including phenoxy) is 2. The second-order valence-corrected chi connectivity index (χ2v) is 10.1. The second kappa shape index (κ2) is 13.8. The Morgan fingerprint density at radius 1 is 0.816 bits per heavy atom. The van der Waals surface area contributed by atoms with Crippen LogP contribution in [0.4, 0.5) is 0 Å². The summed E-state index contributed by atoms with van der Waals surface area (Å²) in [6, 6.07) is 11.2. The second-order valence-electron chi connectivity index (χ2n) is 8.75. The topological polar surface area (TPSA) is 81.6 Å². The van der Waals surface area contributed by atoms with Crippen molar-refractivity contribution in [1.29, 1.82) is 0 Å². The molecule has 10 heteroatoms. The van der Waals surface area contributed by atoms with Crippen LogP contribution in [0.25, 0.3) is 21.8 Å². The van der Waals surface area contributed by atoms with Gasteiger partial charge < -0.3 is 14.4 Å². The number of esters is 2. The lowest BCUT2D eigenvalue weighted by Gasteiger charge is -2.12. The van der Waals surface area contributed by atoms with Gasteiger partial charge in [0.05, 0.1) is 38.1 Å². The Bertz CT molecular complexity index is 1460. The van der Waals surface area contributed by atoms with Crippen LogP contribution < -0.4 is 0 Å². The zero-order valence-corrected chi connectivity index (χ0v) is 24.7. The van der Waals surface area contributed by atoms with E-state index in [0.717, 1.165) is 50.6 Å². The summed E-state index contributed by atoms with van der Waals surface area (Å²) < 4.78 is 9.41. The van der Waals surface area contributed by atoms with Gasteiger partial charge in [-0.25, -0.2) is 0 Å². The Morgan fingerprint density at radius 2 is 1.26 bits per heavy atom. The van der Waals surface area contributed by atoms with Crippen molar-refractivity contribution in [3.63, 3.8) is 0 Å². The van der Waals surface area contributed by atoms with E-state index in [1.807, 2.05) is 44.6 Å². The van der Waals surface area contributed by atoms with Crippen molar-refractivity contribution in [2.45, 2.75) is 24.7 Å². The molecule has 0 aliphatic rings. The van der Waals surface area contributed by atoms with Crippen molar-refractivity contribution in [2.75, 3.05) is 28.3 Å². The minimum atomic E-state index is -0.311. The van der Waals surface area contributed by atoms with Gasteiger partial charge in [0.15, 0.2) is 0 Å². The fraction of sp³-hybridized carbons (Fsp3) is 0.286. The van der Waals surface area contributed by atoms with E-state index in [0.29, 0.717) is 15.4 Å². The molecule has 38 heavy (non-hydrogen) atoms. The van der Waals surface area contributed by atoms with E-state index in [1.54, 1.807) is 18.3 Å². The Balaban J connectivity index is 0.000000212. The summed E-state index contributed by atoms with van der Waals surface area (Å²) in [6.07, 6.45) is 3.95. The molecule has 0 fully saturated rings. The molecule has 0 saturated carbocycles. The largest absolute Gasteiger partial charge is 0.469 e. The number of hydrogen-bond acceptors (Lipinski definition) is 7. The predicted octanol–water partition coefficient (Wildman–Crippen LogP) is 6.16. The molecule has 0 aliphatic heterocycles. The number of nitrogens with zero attached hydrogens (tertiary/aromatic N) is 3. The van der Waals surface area contributed by atoms with Crippen LogP contribution >= 0.6 is 39.1 Å². The number of aromatic nitrogens is 2. The molecular formula is C28H28BrCl2N3O4. The van der Waals surface area contributed by atoms with Crippen LogP contribution in [0.1, 0.15) is 22.3 Å². The smallest absolute Gasteiger partial charge is 0.310 e. The SMILES string of the molecule is COC(=O)Cc1c(Cl)ccc2ncc(CBr)cc12.COC(=O)Cc1c(Cl)ccc2ncc(CN(C)C)cc12. The fourth-order valence-electron chi connectivity index (χ4n) is 3.87. The van der Waals surface area contributed by atoms with E-state index in [4.69, 9.17) is 27.9 Å². The van der Waals surface area contributed by atoms with Gasteiger partial charge in [0.2, 0.25) is 0 Å². The Labute approximate surface area is 240 Å². The Morgan fingerprint density at radius 3 is 1.68 bits per heavy atom. The van der Waals surface area contributed by atoms with Crippen molar-refractivity contribution in [1.82, 2.24) is 14.9 Å². The van der Waals surface area contributed by atoms with Crippen molar-refractivity contribution < 1.29 is 19.1 Å². The average Bonchev–Trinajstić information content (AvgIpc) is 2.91. The standard InChI is InChI=1S/C15H17ClN2O2.C13H11BrClNO2/c1-18(2)9-10-6-12-11(7-15(19)20-3)13(16)4-5-14(12)17-8-10;1-18-13(17)5-9-10-4-8(6-14)7-16-12(10)3-2-11(9)15/h4-6,8H,7,9H2,1-3H3;2-4,7H,5-6H2,1H3. The van der Waals surface area contributed by atoms with Crippen LogP contribution in [0.5, 0.6) is 0 Å². The van der Waals surface area contributed by atoms with Crippen molar-refractivity contribution in [3.05, 3.63) is 81.1 Å². The van der Waals surface area contributed by atoms with Gasteiger partial charge in [-0.15, -0.1) is 0 Å².